The molecule has 5 heteroatoms. The van der Waals surface area contributed by atoms with Gasteiger partial charge in [-0.1, -0.05) is 0 Å². The zero-order chi connectivity index (χ0) is 12.8. The maximum Gasteiger partial charge on any atom is 0.396 e. The van der Waals surface area contributed by atoms with Crippen LogP contribution in [0.15, 0.2) is 24.3 Å². The normalized spacial score (nSPS) is 9.88. The van der Waals surface area contributed by atoms with Crippen LogP contribution in [0.5, 0.6) is 5.75 Å². The van der Waals surface area contributed by atoms with Gasteiger partial charge in [-0.05, 0) is 38.1 Å². The molecule has 0 aliphatic heterocycles. The minimum Gasteiger partial charge on any atom is -0.491 e. The molecule has 0 saturated carbocycles. The third-order valence-electron chi connectivity index (χ3n) is 1.85. The number of carbonyl (C=O) groups excluding carboxylic acids is 2. The molecule has 0 fully saturated rings. The highest BCUT2D eigenvalue weighted by Gasteiger charge is 2.13. The molecule has 1 rings (SSSR count). The molecule has 0 radical (unpaired) electrons. The molecule has 1 aromatic rings. The van der Waals surface area contributed by atoms with Crippen LogP contribution in [-0.4, -0.2) is 25.1 Å². The fourth-order valence-corrected chi connectivity index (χ4v) is 1.16. The minimum absolute atomic E-state index is 0.0884. The van der Waals surface area contributed by atoms with E-state index in [9.17, 15) is 9.59 Å². The van der Waals surface area contributed by atoms with E-state index in [0.29, 0.717) is 11.4 Å². The van der Waals surface area contributed by atoms with Gasteiger partial charge in [-0.2, -0.15) is 0 Å². The Hall–Kier alpha value is -2.04. The first-order valence-electron chi connectivity index (χ1n) is 5.19. The number of benzene rings is 1. The Labute approximate surface area is 99.7 Å². The maximum absolute atomic E-state index is 11.2. The molecule has 0 unspecified atom stereocenters. The van der Waals surface area contributed by atoms with Crippen LogP contribution < -0.4 is 10.1 Å². The van der Waals surface area contributed by atoms with Crippen LogP contribution in [0.3, 0.4) is 0 Å². The first-order valence-corrected chi connectivity index (χ1v) is 5.19. The van der Waals surface area contributed by atoms with Gasteiger partial charge in [-0.25, -0.2) is 4.79 Å². The molecule has 5 nitrogen and oxygen atoms in total. The Kier molecular flexibility index (Phi) is 4.51. The van der Waals surface area contributed by atoms with Gasteiger partial charge in [0.15, 0.2) is 0 Å². The van der Waals surface area contributed by atoms with E-state index in [2.05, 4.69) is 10.1 Å². The van der Waals surface area contributed by atoms with Gasteiger partial charge in [0.05, 0.1) is 13.2 Å². The second-order valence-corrected chi connectivity index (χ2v) is 3.64. The number of rotatable bonds is 3. The average Bonchev–Trinajstić information content (AvgIpc) is 2.30. The molecule has 1 N–H and O–H groups in total. The van der Waals surface area contributed by atoms with Crippen LogP contribution >= 0.6 is 0 Å². The number of methoxy groups -OCH3 is 1. The van der Waals surface area contributed by atoms with Crippen molar-refractivity contribution in [3.63, 3.8) is 0 Å². The number of esters is 1. The van der Waals surface area contributed by atoms with Crippen LogP contribution in [0.1, 0.15) is 13.8 Å². The Morgan fingerprint density at radius 1 is 1.18 bits per heavy atom. The summed E-state index contributed by atoms with van der Waals surface area (Å²) in [7, 11) is 1.15. The fraction of sp³-hybridized carbons (Fsp3) is 0.333. The van der Waals surface area contributed by atoms with Crippen molar-refractivity contribution in [2.24, 2.45) is 0 Å². The Balaban J connectivity index is 2.62. The van der Waals surface area contributed by atoms with E-state index in [1.807, 2.05) is 13.8 Å². The quantitative estimate of drug-likeness (QED) is 0.640. The lowest BCUT2D eigenvalue weighted by Gasteiger charge is -2.10. The number of ether oxygens (including phenoxy) is 2. The maximum atomic E-state index is 11.2. The van der Waals surface area contributed by atoms with Gasteiger partial charge in [-0.3, -0.25) is 4.79 Å². The van der Waals surface area contributed by atoms with Crippen molar-refractivity contribution >= 4 is 17.6 Å². The molecule has 92 valence electrons. The van der Waals surface area contributed by atoms with Crippen molar-refractivity contribution in [1.29, 1.82) is 0 Å². The summed E-state index contributed by atoms with van der Waals surface area (Å²) in [6, 6.07) is 6.73. The van der Waals surface area contributed by atoms with Crippen LogP contribution in [0.25, 0.3) is 0 Å². The minimum atomic E-state index is -0.924. The van der Waals surface area contributed by atoms with Gasteiger partial charge >= 0.3 is 11.9 Å². The van der Waals surface area contributed by atoms with E-state index in [1.54, 1.807) is 24.3 Å². The van der Waals surface area contributed by atoms with Crippen molar-refractivity contribution in [3.05, 3.63) is 24.3 Å². The third kappa shape index (κ3) is 4.14. The topological polar surface area (TPSA) is 64.6 Å². The standard InChI is InChI=1S/C12H15NO4/c1-8(2)17-10-6-4-9(5-7-10)13-11(14)12(15)16-3/h4-8H,1-3H3,(H,13,14). The molecule has 0 heterocycles. The van der Waals surface area contributed by atoms with Crippen LogP contribution in [-0.2, 0) is 14.3 Å². The van der Waals surface area contributed by atoms with Gasteiger partial charge in [0.1, 0.15) is 5.75 Å². The summed E-state index contributed by atoms with van der Waals surface area (Å²) in [6.45, 7) is 3.85. The highest BCUT2D eigenvalue weighted by Crippen LogP contribution is 2.16. The second kappa shape index (κ2) is 5.89. The molecular weight excluding hydrogens is 222 g/mol. The summed E-state index contributed by atoms with van der Waals surface area (Å²) >= 11 is 0. The molecular formula is C12H15NO4. The molecule has 0 aromatic heterocycles. The monoisotopic (exact) mass is 237 g/mol. The summed E-state index contributed by atoms with van der Waals surface area (Å²) in [6.07, 6.45) is 0.0884. The molecule has 0 aliphatic carbocycles. The Morgan fingerprint density at radius 3 is 2.24 bits per heavy atom. The Bertz CT molecular complexity index is 397. The van der Waals surface area contributed by atoms with Crippen molar-refractivity contribution in [2.75, 3.05) is 12.4 Å². The smallest absolute Gasteiger partial charge is 0.396 e. The molecule has 0 spiro atoms. The first-order chi connectivity index (χ1) is 8.02. The third-order valence-corrected chi connectivity index (χ3v) is 1.85. The molecule has 0 bridgehead atoms. The summed E-state index contributed by atoms with van der Waals surface area (Å²) < 4.78 is 9.72. The second-order valence-electron chi connectivity index (χ2n) is 3.64. The highest BCUT2D eigenvalue weighted by atomic mass is 16.5. The molecule has 1 aromatic carbocycles. The molecule has 0 atom stereocenters. The van der Waals surface area contributed by atoms with Crippen LogP contribution in [0, 0.1) is 0 Å². The lowest BCUT2D eigenvalue weighted by molar-refractivity contribution is -0.150. The fourth-order valence-electron chi connectivity index (χ4n) is 1.16. The van der Waals surface area contributed by atoms with Gasteiger partial charge in [0, 0.05) is 5.69 Å². The predicted molar refractivity (Wildman–Crippen MR) is 62.9 cm³/mol. The van der Waals surface area contributed by atoms with E-state index in [0.717, 1.165) is 7.11 Å². The van der Waals surface area contributed by atoms with Gasteiger partial charge in [0.2, 0.25) is 0 Å². The molecule has 17 heavy (non-hydrogen) atoms. The predicted octanol–water partition coefficient (Wildman–Crippen LogP) is 1.59. The molecule has 0 aliphatic rings. The summed E-state index contributed by atoms with van der Waals surface area (Å²) in [5, 5.41) is 2.40. The van der Waals surface area contributed by atoms with Crippen LogP contribution in [0.4, 0.5) is 5.69 Å². The summed E-state index contributed by atoms with van der Waals surface area (Å²) in [4.78, 5) is 22.1. The lowest BCUT2D eigenvalue weighted by Crippen LogP contribution is -2.23. The Morgan fingerprint density at radius 2 is 1.76 bits per heavy atom. The molecule has 0 saturated heterocycles. The van der Waals surface area contributed by atoms with Crippen molar-refractivity contribution < 1.29 is 19.1 Å². The number of carbonyl (C=O) groups is 2. The SMILES string of the molecule is COC(=O)C(=O)Nc1ccc(OC(C)C)cc1. The zero-order valence-corrected chi connectivity index (χ0v) is 10.0. The average molecular weight is 237 g/mol. The number of anilines is 1. The van der Waals surface area contributed by atoms with Crippen molar-refractivity contribution in [3.8, 4) is 5.75 Å². The first kappa shape index (κ1) is 13.0. The summed E-state index contributed by atoms with van der Waals surface area (Å²) in [5.41, 5.74) is 0.511. The van der Waals surface area contributed by atoms with E-state index in [-0.39, 0.29) is 6.10 Å². The number of hydrogen-bond acceptors (Lipinski definition) is 4. The van der Waals surface area contributed by atoms with Crippen molar-refractivity contribution in [2.45, 2.75) is 20.0 Å². The zero-order valence-electron chi connectivity index (χ0n) is 10.0. The van der Waals surface area contributed by atoms with E-state index >= 15 is 0 Å². The highest BCUT2D eigenvalue weighted by molar-refractivity contribution is 6.37. The molecule has 1 amide bonds. The number of amides is 1. The van der Waals surface area contributed by atoms with Gasteiger partial charge in [-0.15, -0.1) is 0 Å². The van der Waals surface area contributed by atoms with E-state index in [1.165, 1.54) is 0 Å². The van der Waals surface area contributed by atoms with Gasteiger partial charge in [0.25, 0.3) is 0 Å². The lowest BCUT2D eigenvalue weighted by atomic mass is 10.3. The largest absolute Gasteiger partial charge is 0.491 e. The summed E-state index contributed by atoms with van der Waals surface area (Å²) in [5.74, 6) is -1.02. The van der Waals surface area contributed by atoms with E-state index in [4.69, 9.17) is 4.74 Å². The number of nitrogens with one attached hydrogen (secondary N) is 1. The van der Waals surface area contributed by atoms with E-state index < -0.39 is 11.9 Å². The van der Waals surface area contributed by atoms with Gasteiger partial charge < -0.3 is 14.8 Å². The number of hydrogen-bond donors (Lipinski definition) is 1. The van der Waals surface area contributed by atoms with Crippen LogP contribution in [0.2, 0.25) is 0 Å². The van der Waals surface area contributed by atoms with Crippen molar-refractivity contribution in [1.82, 2.24) is 0 Å².